The molecule has 1 fully saturated rings. The Kier molecular flexibility index (Phi) is 2.51. The summed E-state index contributed by atoms with van der Waals surface area (Å²) in [4.78, 5) is 0. The highest BCUT2D eigenvalue weighted by molar-refractivity contribution is 6.30. The van der Waals surface area contributed by atoms with Crippen LogP contribution in [0, 0.1) is 11.7 Å². The number of rotatable bonds is 2. The van der Waals surface area contributed by atoms with E-state index in [1.807, 2.05) is 0 Å². The summed E-state index contributed by atoms with van der Waals surface area (Å²) in [5.41, 5.74) is 0.774. The molecule has 1 aromatic carbocycles. The first-order valence-corrected chi connectivity index (χ1v) is 4.78. The van der Waals surface area contributed by atoms with Crippen LogP contribution in [0.25, 0.3) is 0 Å². The van der Waals surface area contributed by atoms with Gasteiger partial charge in [-0.3, -0.25) is 0 Å². The molecule has 0 saturated carbocycles. The molecule has 1 aliphatic heterocycles. The van der Waals surface area contributed by atoms with Crippen molar-refractivity contribution < 1.29 is 4.39 Å². The second-order valence-corrected chi connectivity index (χ2v) is 3.90. The van der Waals surface area contributed by atoms with Gasteiger partial charge in [-0.1, -0.05) is 17.7 Å². The topological polar surface area (TPSA) is 12.0 Å². The molecule has 0 atom stereocenters. The van der Waals surface area contributed by atoms with Gasteiger partial charge in [0, 0.05) is 5.02 Å². The van der Waals surface area contributed by atoms with Crippen LogP contribution in [0.3, 0.4) is 0 Å². The molecule has 0 aliphatic carbocycles. The van der Waals surface area contributed by atoms with Crippen LogP contribution in [0.1, 0.15) is 5.56 Å². The number of halogens is 2. The molecule has 0 amide bonds. The summed E-state index contributed by atoms with van der Waals surface area (Å²) in [7, 11) is 0. The van der Waals surface area contributed by atoms with Crippen molar-refractivity contribution >= 4 is 11.6 Å². The van der Waals surface area contributed by atoms with E-state index in [-0.39, 0.29) is 5.82 Å². The molecule has 13 heavy (non-hydrogen) atoms. The van der Waals surface area contributed by atoms with E-state index in [0.717, 1.165) is 25.1 Å². The quantitative estimate of drug-likeness (QED) is 0.771. The molecule has 0 unspecified atom stereocenters. The fraction of sp³-hybridized carbons (Fsp3) is 0.400. The molecule has 0 radical (unpaired) electrons. The van der Waals surface area contributed by atoms with Crippen molar-refractivity contribution in [3.05, 3.63) is 34.6 Å². The normalized spacial score (nSPS) is 17.1. The van der Waals surface area contributed by atoms with Gasteiger partial charge in [-0.05, 0) is 43.1 Å². The Bertz CT molecular complexity index is 310. The Morgan fingerprint density at radius 2 is 2.23 bits per heavy atom. The molecule has 1 aromatic rings. The van der Waals surface area contributed by atoms with E-state index in [1.165, 1.54) is 6.07 Å². The van der Waals surface area contributed by atoms with Gasteiger partial charge in [-0.2, -0.15) is 0 Å². The smallest absolute Gasteiger partial charge is 0.127 e. The summed E-state index contributed by atoms with van der Waals surface area (Å²) in [5, 5.41) is 3.63. The highest BCUT2D eigenvalue weighted by Gasteiger charge is 2.18. The minimum Gasteiger partial charge on any atom is -0.316 e. The van der Waals surface area contributed by atoms with E-state index in [9.17, 15) is 4.39 Å². The van der Waals surface area contributed by atoms with Gasteiger partial charge in [0.2, 0.25) is 0 Å². The molecule has 0 bridgehead atoms. The molecule has 3 heteroatoms. The molecular weight excluding hydrogens is 189 g/mol. The second-order valence-electron chi connectivity index (χ2n) is 3.46. The van der Waals surface area contributed by atoms with Gasteiger partial charge in [0.15, 0.2) is 0 Å². The van der Waals surface area contributed by atoms with Crippen LogP contribution in [0.4, 0.5) is 4.39 Å². The van der Waals surface area contributed by atoms with Crippen molar-refractivity contribution in [2.24, 2.45) is 5.92 Å². The Morgan fingerprint density at radius 3 is 2.77 bits per heavy atom. The van der Waals surface area contributed by atoms with Gasteiger partial charge in [0.25, 0.3) is 0 Å². The Hall–Kier alpha value is -0.600. The van der Waals surface area contributed by atoms with Crippen LogP contribution >= 0.6 is 11.6 Å². The molecular formula is C10H11ClFN. The standard InChI is InChI=1S/C10H11ClFN/c11-9-2-1-8(10(12)4-9)3-7-5-13-6-7/h1-2,4,7,13H,3,5-6H2. The summed E-state index contributed by atoms with van der Waals surface area (Å²) in [5.74, 6) is 0.412. The van der Waals surface area contributed by atoms with Gasteiger partial charge in [0.1, 0.15) is 5.82 Å². The van der Waals surface area contributed by atoms with Crippen LogP contribution in [0.5, 0.6) is 0 Å². The number of hydrogen-bond acceptors (Lipinski definition) is 1. The Morgan fingerprint density at radius 1 is 1.46 bits per heavy atom. The molecule has 1 aliphatic rings. The van der Waals surface area contributed by atoms with Gasteiger partial charge in [0.05, 0.1) is 0 Å². The zero-order valence-electron chi connectivity index (χ0n) is 7.19. The first-order chi connectivity index (χ1) is 6.25. The first kappa shape index (κ1) is 8.97. The lowest BCUT2D eigenvalue weighted by Crippen LogP contribution is -2.43. The predicted molar refractivity (Wildman–Crippen MR) is 51.5 cm³/mol. The van der Waals surface area contributed by atoms with E-state index in [4.69, 9.17) is 11.6 Å². The second kappa shape index (κ2) is 3.64. The van der Waals surface area contributed by atoms with Crippen molar-refractivity contribution in [2.45, 2.75) is 6.42 Å². The van der Waals surface area contributed by atoms with Crippen molar-refractivity contribution in [3.63, 3.8) is 0 Å². The summed E-state index contributed by atoms with van der Waals surface area (Å²) in [6, 6.07) is 4.89. The third-order valence-electron chi connectivity index (χ3n) is 2.39. The van der Waals surface area contributed by atoms with Gasteiger partial charge in [-0.15, -0.1) is 0 Å². The maximum absolute atomic E-state index is 13.3. The Labute approximate surface area is 81.9 Å². The Balaban J connectivity index is 2.10. The van der Waals surface area contributed by atoms with Crippen LogP contribution in [0.2, 0.25) is 5.02 Å². The zero-order valence-corrected chi connectivity index (χ0v) is 7.94. The van der Waals surface area contributed by atoms with E-state index >= 15 is 0 Å². The van der Waals surface area contributed by atoms with Crippen LogP contribution in [-0.2, 0) is 6.42 Å². The van der Waals surface area contributed by atoms with E-state index < -0.39 is 0 Å². The lowest BCUT2D eigenvalue weighted by Gasteiger charge is -2.27. The summed E-state index contributed by atoms with van der Waals surface area (Å²) < 4.78 is 13.3. The highest BCUT2D eigenvalue weighted by Crippen LogP contribution is 2.19. The maximum Gasteiger partial charge on any atom is 0.127 e. The number of benzene rings is 1. The molecule has 1 N–H and O–H groups in total. The molecule has 0 aromatic heterocycles. The average Bonchev–Trinajstić information content (AvgIpc) is 1.99. The van der Waals surface area contributed by atoms with Crippen LogP contribution in [0.15, 0.2) is 18.2 Å². The molecule has 2 rings (SSSR count). The van der Waals surface area contributed by atoms with E-state index in [2.05, 4.69) is 5.32 Å². The SMILES string of the molecule is Fc1cc(Cl)ccc1CC1CNC1. The lowest BCUT2D eigenvalue weighted by molar-refractivity contribution is 0.343. The zero-order chi connectivity index (χ0) is 9.26. The van der Waals surface area contributed by atoms with Gasteiger partial charge >= 0.3 is 0 Å². The third kappa shape index (κ3) is 2.01. The van der Waals surface area contributed by atoms with Gasteiger partial charge in [-0.25, -0.2) is 4.39 Å². The largest absolute Gasteiger partial charge is 0.316 e. The monoisotopic (exact) mass is 199 g/mol. The van der Waals surface area contributed by atoms with E-state index in [1.54, 1.807) is 12.1 Å². The first-order valence-electron chi connectivity index (χ1n) is 4.40. The molecule has 1 heterocycles. The van der Waals surface area contributed by atoms with Crippen molar-refractivity contribution in [2.75, 3.05) is 13.1 Å². The van der Waals surface area contributed by atoms with E-state index in [0.29, 0.717) is 10.9 Å². The maximum atomic E-state index is 13.3. The fourth-order valence-electron chi connectivity index (χ4n) is 1.49. The van der Waals surface area contributed by atoms with Crippen LogP contribution in [-0.4, -0.2) is 13.1 Å². The summed E-state index contributed by atoms with van der Waals surface area (Å²) in [6.45, 7) is 2.00. The minimum atomic E-state index is -0.181. The molecule has 0 spiro atoms. The van der Waals surface area contributed by atoms with Crippen molar-refractivity contribution in [3.8, 4) is 0 Å². The minimum absolute atomic E-state index is 0.181. The molecule has 1 nitrogen and oxygen atoms in total. The molecule has 1 saturated heterocycles. The highest BCUT2D eigenvalue weighted by atomic mass is 35.5. The van der Waals surface area contributed by atoms with Crippen LogP contribution < -0.4 is 5.32 Å². The summed E-state index contributed by atoms with van der Waals surface area (Å²) in [6.07, 6.45) is 0.815. The summed E-state index contributed by atoms with van der Waals surface area (Å²) >= 11 is 5.65. The lowest BCUT2D eigenvalue weighted by atomic mass is 9.94. The fourth-order valence-corrected chi connectivity index (χ4v) is 1.65. The predicted octanol–water partition coefficient (Wildman–Crippen LogP) is 2.24. The third-order valence-corrected chi connectivity index (χ3v) is 2.62. The number of hydrogen-bond donors (Lipinski definition) is 1. The number of nitrogens with one attached hydrogen (secondary N) is 1. The van der Waals surface area contributed by atoms with Crippen molar-refractivity contribution in [1.29, 1.82) is 0 Å². The van der Waals surface area contributed by atoms with Crippen molar-refractivity contribution in [1.82, 2.24) is 5.32 Å². The van der Waals surface area contributed by atoms with Gasteiger partial charge < -0.3 is 5.32 Å². The average molecular weight is 200 g/mol. The molecule has 70 valence electrons.